The van der Waals surface area contributed by atoms with Gasteiger partial charge in [-0.2, -0.15) is 0 Å². The Balaban J connectivity index is 2.16. The van der Waals surface area contributed by atoms with Gasteiger partial charge in [-0.25, -0.2) is 13.6 Å². The lowest BCUT2D eigenvalue weighted by Gasteiger charge is -2.20. The number of rotatable bonds is 5. The summed E-state index contributed by atoms with van der Waals surface area (Å²) in [6.07, 6.45) is 0.215. The predicted molar refractivity (Wildman–Crippen MR) is 98.5 cm³/mol. The average Bonchev–Trinajstić information content (AvgIpc) is 2.62. The highest BCUT2D eigenvalue weighted by Crippen LogP contribution is 2.22. The molecule has 0 aromatic heterocycles. The molecule has 1 atom stereocenters. The Morgan fingerprint density at radius 2 is 1.67 bits per heavy atom. The fourth-order valence-electron chi connectivity index (χ4n) is 2.59. The van der Waals surface area contributed by atoms with E-state index in [0.29, 0.717) is 0 Å². The van der Waals surface area contributed by atoms with Crippen LogP contribution in [0.2, 0.25) is 0 Å². The minimum absolute atomic E-state index is 0.00114. The van der Waals surface area contributed by atoms with Gasteiger partial charge >= 0.3 is 5.97 Å². The second-order valence-electron chi connectivity index (χ2n) is 7.33. The maximum Gasteiger partial charge on any atom is 0.328 e. The van der Waals surface area contributed by atoms with Gasteiger partial charge in [-0.3, -0.25) is 4.79 Å². The Morgan fingerprint density at radius 1 is 1.04 bits per heavy atom. The monoisotopic (exact) mass is 375 g/mol. The van der Waals surface area contributed by atoms with Crippen LogP contribution >= 0.6 is 0 Å². The molecule has 0 bridgehead atoms. The first-order chi connectivity index (χ1) is 12.6. The van der Waals surface area contributed by atoms with Gasteiger partial charge in [0.15, 0.2) is 11.6 Å². The second kappa shape index (κ2) is 8.29. The maximum atomic E-state index is 13.3. The molecule has 27 heavy (non-hydrogen) atoms. The van der Waals surface area contributed by atoms with E-state index in [9.17, 15) is 18.4 Å². The lowest BCUT2D eigenvalue weighted by Crippen LogP contribution is -2.43. The highest BCUT2D eigenvalue weighted by atomic mass is 19.2. The van der Waals surface area contributed by atoms with Gasteiger partial charge in [0.25, 0.3) is 5.91 Å². The first kappa shape index (κ1) is 20.6. The maximum absolute atomic E-state index is 13.3. The standard InChI is InChI=1S/C21H23F2NO3/c1-21(2,3)15-8-5-13(6-9-15)11-18(20(26)27-4)24-19(25)14-7-10-16(22)17(23)12-14/h5-10,12,18H,11H2,1-4H3,(H,24,25)/t18-/m1/s1. The van der Waals surface area contributed by atoms with E-state index in [1.807, 2.05) is 24.3 Å². The quantitative estimate of drug-likeness (QED) is 0.810. The highest BCUT2D eigenvalue weighted by molar-refractivity contribution is 5.96. The van der Waals surface area contributed by atoms with E-state index >= 15 is 0 Å². The third-order valence-electron chi connectivity index (χ3n) is 4.23. The molecule has 0 aliphatic carbocycles. The van der Waals surface area contributed by atoms with E-state index in [0.717, 1.165) is 29.3 Å². The van der Waals surface area contributed by atoms with Crippen LogP contribution in [0.5, 0.6) is 0 Å². The highest BCUT2D eigenvalue weighted by Gasteiger charge is 2.23. The van der Waals surface area contributed by atoms with E-state index in [4.69, 9.17) is 4.74 Å². The Kier molecular flexibility index (Phi) is 6.31. The Labute approximate surface area is 157 Å². The molecule has 0 radical (unpaired) electrons. The number of methoxy groups -OCH3 is 1. The van der Waals surface area contributed by atoms with E-state index in [2.05, 4.69) is 26.1 Å². The average molecular weight is 375 g/mol. The molecule has 2 aromatic carbocycles. The van der Waals surface area contributed by atoms with Crippen molar-refractivity contribution in [2.45, 2.75) is 38.6 Å². The largest absolute Gasteiger partial charge is 0.467 e. The minimum Gasteiger partial charge on any atom is -0.467 e. The first-order valence-corrected chi connectivity index (χ1v) is 8.55. The molecule has 0 spiro atoms. The van der Waals surface area contributed by atoms with Crippen LogP contribution in [0.25, 0.3) is 0 Å². The first-order valence-electron chi connectivity index (χ1n) is 8.55. The molecule has 0 aliphatic heterocycles. The van der Waals surface area contributed by atoms with Crippen molar-refractivity contribution in [3.8, 4) is 0 Å². The Hall–Kier alpha value is -2.76. The van der Waals surface area contributed by atoms with Crippen molar-refractivity contribution >= 4 is 11.9 Å². The van der Waals surface area contributed by atoms with Gasteiger partial charge in [0.05, 0.1) is 7.11 Å². The zero-order chi connectivity index (χ0) is 20.2. The van der Waals surface area contributed by atoms with Crippen LogP contribution in [0.3, 0.4) is 0 Å². The number of hydrogen-bond donors (Lipinski definition) is 1. The predicted octanol–water partition coefficient (Wildman–Crippen LogP) is 3.78. The van der Waals surface area contributed by atoms with E-state index in [1.54, 1.807) is 0 Å². The summed E-state index contributed by atoms with van der Waals surface area (Å²) in [7, 11) is 1.22. The summed E-state index contributed by atoms with van der Waals surface area (Å²) in [6, 6.07) is 9.58. The topological polar surface area (TPSA) is 55.4 Å². The molecular formula is C21H23F2NO3. The number of amides is 1. The molecule has 6 heteroatoms. The fourth-order valence-corrected chi connectivity index (χ4v) is 2.59. The van der Waals surface area contributed by atoms with E-state index in [1.165, 1.54) is 7.11 Å². The number of ether oxygens (including phenoxy) is 1. The number of halogens is 2. The van der Waals surface area contributed by atoms with Crippen LogP contribution in [0, 0.1) is 11.6 Å². The second-order valence-corrected chi connectivity index (χ2v) is 7.33. The number of nitrogens with one attached hydrogen (secondary N) is 1. The van der Waals surface area contributed by atoms with Gasteiger partial charge in [-0.1, -0.05) is 45.0 Å². The summed E-state index contributed by atoms with van der Waals surface area (Å²) in [4.78, 5) is 24.4. The zero-order valence-electron chi connectivity index (χ0n) is 15.8. The summed E-state index contributed by atoms with van der Waals surface area (Å²) < 4.78 is 31.1. The lowest BCUT2D eigenvalue weighted by molar-refractivity contribution is -0.142. The summed E-state index contributed by atoms with van der Waals surface area (Å²) in [5.41, 5.74) is 1.91. The van der Waals surface area contributed by atoms with Gasteiger partial charge in [0.1, 0.15) is 6.04 Å². The van der Waals surface area contributed by atoms with Crippen LogP contribution in [-0.4, -0.2) is 25.0 Å². The van der Waals surface area contributed by atoms with Crippen LogP contribution in [0.1, 0.15) is 42.3 Å². The van der Waals surface area contributed by atoms with Crippen molar-refractivity contribution in [1.29, 1.82) is 0 Å². The molecule has 2 aromatic rings. The molecule has 0 saturated heterocycles. The zero-order valence-corrected chi connectivity index (χ0v) is 15.8. The molecular weight excluding hydrogens is 352 g/mol. The summed E-state index contributed by atoms with van der Waals surface area (Å²) in [5, 5.41) is 2.52. The van der Waals surface area contributed by atoms with Crippen molar-refractivity contribution in [3.63, 3.8) is 0 Å². The molecule has 0 unspecified atom stereocenters. The van der Waals surface area contributed by atoms with Gasteiger partial charge < -0.3 is 10.1 Å². The minimum atomic E-state index is -1.13. The van der Waals surface area contributed by atoms with Gasteiger partial charge in [0.2, 0.25) is 0 Å². The molecule has 0 fully saturated rings. The Bertz CT molecular complexity index is 826. The molecule has 144 valence electrons. The number of carbonyl (C=O) groups excluding carboxylic acids is 2. The van der Waals surface area contributed by atoms with Crippen LogP contribution in [0.4, 0.5) is 8.78 Å². The Morgan fingerprint density at radius 3 is 2.19 bits per heavy atom. The summed E-state index contributed by atoms with van der Waals surface area (Å²) in [5.74, 6) is -3.48. The molecule has 4 nitrogen and oxygen atoms in total. The van der Waals surface area contributed by atoms with Crippen LogP contribution in [0.15, 0.2) is 42.5 Å². The summed E-state index contributed by atoms with van der Waals surface area (Å²) >= 11 is 0. The molecule has 1 N–H and O–H groups in total. The molecule has 1 amide bonds. The number of hydrogen-bond acceptors (Lipinski definition) is 3. The van der Waals surface area contributed by atoms with Crippen molar-refractivity contribution < 1.29 is 23.1 Å². The van der Waals surface area contributed by atoms with Crippen molar-refractivity contribution in [3.05, 3.63) is 70.8 Å². The van der Waals surface area contributed by atoms with Gasteiger partial charge in [-0.15, -0.1) is 0 Å². The molecule has 0 aliphatic rings. The van der Waals surface area contributed by atoms with Crippen molar-refractivity contribution in [2.75, 3.05) is 7.11 Å². The van der Waals surface area contributed by atoms with Crippen molar-refractivity contribution in [1.82, 2.24) is 5.32 Å². The molecule has 0 saturated carbocycles. The third-order valence-corrected chi connectivity index (χ3v) is 4.23. The van der Waals surface area contributed by atoms with E-state index in [-0.39, 0.29) is 17.4 Å². The van der Waals surface area contributed by atoms with Crippen LogP contribution < -0.4 is 5.32 Å². The smallest absolute Gasteiger partial charge is 0.328 e. The number of esters is 1. The van der Waals surface area contributed by atoms with Crippen LogP contribution in [-0.2, 0) is 21.4 Å². The molecule has 2 rings (SSSR count). The van der Waals surface area contributed by atoms with Gasteiger partial charge in [0, 0.05) is 12.0 Å². The number of benzene rings is 2. The van der Waals surface area contributed by atoms with E-state index < -0.39 is 29.6 Å². The fraction of sp³-hybridized carbons (Fsp3) is 0.333. The normalized spacial score (nSPS) is 12.4. The third kappa shape index (κ3) is 5.36. The SMILES string of the molecule is COC(=O)[C@@H](Cc1ccc(C(C)(C)C)cc1)NC(=O)c1ccc(F)c(F)c1. The summed E-state index contributed by atoms with van der Waals surface area (Å²) in [6.45, 7) is 6.30. The van der Waals surface area contributed by atoms with Crippen molar-refractivity contribution in [2.24, 2.45) is 0 Å². The van der Waals surface area contributed by atoms with Gasteiger partial charge in [-0.05, 0) is 34.7 Å². The molecule has 0 heterocycles. The lowest BCUT2D eigenvalue weighted by atomic mass is 9.86. The number of carbonyl (C=O) groups is 2.